The number of anilines is 2. The van der Waals surface area contributed by atoms with Gasteiger partial charge in [-0.15, -0.1) is 0 Å². The molecule has 0 spiro atoms. The van der Waals surface area contributed by atoms with Crippen LogP contribution in [0.5, 0.6) is 5.75 Å². The number of piperazine rings is 1. The average Bonchev–Trinajstić information content (AvgIpc) is 2.39. The fourth-order valence-electron chi connectivity index (χ4n) is 2.17. The summed E-state index contributed by atoms with van der Waals surface area (Å²) in [5.74, 6) is 1.32. The van der Waals surface area contributed by atoms with Gasteiger partial charge < -0.3 is 20.3 Å². The highest BCUT2D eigenvalue weighted by Gasteiger charge is 2.15. The summed E-state index contributed by atoms with van der Waals surface area (Å²) in [6.45, 7) is 9.31. The van der Waals surface area contributed by atoms with Gasteiger partial charge in [-0.1, -0.05) is 13.8 Å². The van der Waals surface area contributed by atoms with Gasteiger partial charge in [-0.25, -0.2) is 0 Å². The van der Waals surface area contributed by atoms with E-state index < -0.39 is 0 Å². The van der Waals surface area contributed by atoms with Crippen molar-refractivity contribution in [1.82, 2.24) is 4.90 Å². The monoisotopic (exact) mass is 263 g/mol. The second-order valence-corrected chi connectivity index (χ2v) is 5.72. The van der Waals surface area contributed by atoms with Crippen molar-refractivity contribution in [3.05, 3.63) is 18.2 Å². The molecule has 1 heterocycles. The van der Waals surface area contributed by atoms with E-state index in [-0.39, 0.29) is 0 Å². The van der Waals surface area contributed by atoms with E-state index in [0.29, 0.717) is 12.5 Å². The van der Waals surface area contributed by atoms with Crippen molar-refractivity contribution in [3.63, 3.8) is 0 Å². The van der Waals surface area contributed by atoms with Crippen LogP contribution in [0.1, 0.15) is 13.8 Å². The van der Waals surface area contributed by atoms with Crippen LogP contribution in [0.25, 0.3) is 0 Å². The predicted molar refractivity (Wildman–Crippen MR) is 80.9 cm³/mol. The van der Waals surface area contributed by atoms with E-state index in [9.17, 15) is 0 Å². The van der Waals surface area contributed by atoms with Gasteiger partial charge in [-0.05, 0) is 25.1 Å². The molecule has 106 valence electrons. The summed E-state index contributed by atoms with van der Waals surface area (Å²) in [4.78, 5) is 4.74. The molecule has 1 aliphatic heterocycles. The van der Waals surface area contributed by atoms with Crippen LogP contribution in [0.2, 0.25) is 0 Å². The fraction of sp³-hybridized carbons (Fsp3) is 0.600. The second kappa shape index (κ2) is 6.15. The Labute approximate surface area is 116 Å². The van der Waals surface area contributed by atoms with Gasteiger partial charge in [0.25, 0.3) is 0 Å². The van der Waals surface area contributed by atoms with Crippen LogP contribution >= 0.6 is 0 Å². The standard InChI is InChI=1S/C15H25N3O/c1-12(2)11-19-15-10-13(4-5-14(15)16)18-8-6-17(3)7-9-18/h4-5,10,12H,6-9,11,16H2,1-3H3. The molecule has 19 heavy (non-hydrogen) atoms. The highest BCUT2D eigenvalue weighted by Crippen LogP contribution is 2.28. The van der Waals surface area contributed by atoms with Crippen LogP contribution < -0.4 is 15.4 Å². The molecule has 0 amide bonds. The quantitative estimate of drug-likeness (QED) is 0.844. The summed E-state index contributed by atoms with van der Waals surface area (Å²) < 4.78 is 5.79. The Hall–Kier alpha value is -1.42. The summed E-state index contributed by atoms with van der Waals surface area (Å²) in [5.41, 5.74) is 7.91. The SMILES string of the molecule is CC(C)COc1cc(N2CCN(C)CC2)ccc1N. The molecule has 2 N–H and O–H groups in total. The molecule has 0 radical (unpaired) electrons. The summed E-state index contributed by atoms with van der Waals surface area (Å²) in [5, 5.41) is 0. The molecule has 4 heteroatoms. The molecule has 0 aliphatic carbocycles. The minimum absolute atomic E-state index is 0.506. The van der Waals surface area contributed by atoms with Crippen LogP contribution in [0, 0.1) is 5.92 Å². The summed E-state index contributed by atoms with van der Waals surface area (Å²) >= 11 is 0. The van der Waals surface area contributed by atoms with Crippen LogP contribution in [0.15, 0.2) is 18.2 Å². The van der Waals surface area contributed by atoms with Crippen LogP contribution in [-0.4, -0.2) is 44.7 Å². The molecule has 1 fully saturated rings. The van der Waals surface area contributed by atoms with Crippen molar-refractivity contribution in [2.45, 2.75) is 13.8 Å². The molecule has 1 aromatic carbocycles. The largest absolute Gasteiger partial charge is 0.491 e. The lowest BCUT2D eigenvalue weighted by Gasteiger charge is -2.34. The van der Waals surface area contributed by atoms with Gasteiger partial charge in [-0.3, -0.25) is 0 Å². The van der Waals surface area contributed by atoms with Crippen LogP contribution in [0.3, 0.4) is 0 Å². The third-order valence-corrected chi connectivity index (χ3v) is 3.44. The van der Waals surface area contributed by atoms with Gasteiger partial charge in [0, 0.05) is 37.9 Å². The molecule has 0 unspecified atom stereocenters. The van der Waals surface area contributed by atoms with Gasteiger partial charge in [0.15, 0.2) is 0 Å². The normalized spacial score (nSPS) is 16.9. The molecule has 0 aromatic heterocycles. The fourth-order valence-corrected chi connectivity index (χ4v) is 2.17. The maximum Gasteiger partial charge on any atom is 0.144 e. The first-order valence-electron chi connectivity index (χ1n) is 7.02. The smallest absolute Gasteiger partial charge is 0.144 e. The van der Waals surface area contributed by atoms with E-state index in [4.69, 9.17) is 10.5 Å². The Morgan fingerprint density at radius 1 is 1.21 bits per heavy atom. The summed E-state index contributed by atoms with van der Waals surface area (Å²) in [6.07, 6.45) is 0. The number of likely N-dealkylation sites (N-methyl/N-ethyl adjacent to an activating group) is 1. The van der Waals surface area contributed by atoms with Gasteiger partial charge >= 0.3 is 0 Å². The van der Waals surface area contributed by atoms with Crippen LogP contribution in [-0.2, 0) is 0 Å². The molecule has 0 bridgehead atoms. The van der Waals surface area contributed by atoms with Gasteiger partial charge in [0.05, 0.1) is 12.3 Å². The molecule has 1 aromatic rings. The Morgan fingerprint density at radius 2 is 1.89 bits per heavy atom. The Balaban J connectivity index is 2.07. The predicted octanol–water partition coefficient (Wildman–Crippen LogP) is 2.06. The molecule has 1 saturated heterocycles. The number of nitrogen functional groups attached to an aromatic ring is 1. The van der Waals surface area contributed by atoms with Crippen molar-refractivity contribution in [2.75, 3.05) is 50.5 Å². The number of hydrogen-bond donors (Lipinski definition) is 1. The molecule has 1 aliphatic rings. The van der Waals surface area contributed by atoms with E-state index in [2.05, 4.69) is 42.8 Å². The van der Waals surface area contributed by atoms with Crippen molar-refractivity contribution < 1.29 is 4.74 Å². The van der Waals surface area contributed by atoms with E-state index >= 15 is 0 Å². The van der Waals surface area contributed by atoms with Gasteiger partial charge in [0.1, 0.15) is 5.75 Å². The van der Waals surface area contributed by atoms with E-state index in [1.807, 2.05) is 6.07 Å². The molecule has 0 atom stereocenters. The minimum atomic E-state index is 0.506. The lowest BCUT2D eigenvalue weighted by atomic mass is 10.2. The highest BCUT2D eigenvalue weighted by molar-refractivity contribution is 5.62. The minimum Gasteiger partial charge on any atom is -0.491 e. The topological polar surface area (TPSA) is 41.7 Å². The summed E-state index contributed by atoms with van der Waals surface area (Å²) in [7, 11) is 2.16. The Bertz CT molecular complexity index is 412. The first kappa shape index (κ1) is 14.0. The van der Waals surface area contributed by atoms with Crippen LogP contribution in [0.4, 0.5) is 11.4 Å². The lowest BCUT2D eigenvalue weighted by Crippen LogP contribution is -2.44. The van der Waals surface area contributed by atoms with Crippen molar-refractivity contribution in [3.8, 4) is 5.75 Å². The Morgan fingerprint density at radius 3 is 2.53 bits per heavy atom. The maximum absolute atomic E-state index is 5.98. The lowest BCUT2D eigenvalue weighted by molar-refractivity contribution is 0.272. The average molecular weight is 263 g/mol. The van der Waals surface area contributed by atoms with E-state index in [0.717, 1.165) is 37.6 Å². The first-order chi connectivity index (χ1) is 9.06. The first-order valence-corrected chi connectivity index (χ1v) is 7.02. The van der Waals surface area contributed by atoms with Crippen molar-refractivity contribution in [1.29, 1.82) is 0 Å². The van der Waals surface area contributed by atoms with Gasteiger partial charge in [0.2, 0.25) is 0 Å². The highest BCUT2D eigenvalue weighted by atomic mass is 16.5. The summed E-state index contributed by atoms with van der Waals surface area (Å²) in [6, 6.07) is 6.11. The molecular formula is C15H25N3O. The van der Waals surface area contributed by atoms with Crippen molar-refractivity contribution in [2.24, 2.45) is 5.92 Å². The van der Waals surface area contributed by atoms with E-state index in [1.54, 1.807) is 0 Å². The number of nitrogens with two attached hydrogens (primary N) is 1. The molecule has 2 rings (SSSR count). The zero-order valence-electron chi connectivity index (χ0n) is 12.2. The maximum atomic E-state index is 5.98. The third kappa shape index (κ3) is 3.77. The van der Waals surface area contributed by atoms with E-state index in [1.165, 1.54) is 5.69 Å². The van der Waals surface area contributed by atoms with Crippen molar-refractivity contribution >= 4 is 11.4 Å². The van der Waals surface area contributed by atoms with Gasteiger partial charge in [-0.2, -0.15) is 0 Å². The third-order valence-electron chi connectivity index (χ3n) is 3.44. The molecule has 0 saturated carbocycles. The molecule has 4 nitrogen and oxygen atoms in total. The number of rotatable bonds is 4. The number of benzene rings is 1. The zero-order valence-corrected chi connectivity index (χ0v) is 12.2. The zero-order chi connectivity index (χ0) is 13.8. The Kier molecular flexibility index (Phi) is 4.53. The number of hydrogen-bond acceptors (Lipinski definition) is 4. The number of nitrogens with zero attached hydrogens (tertiary/aromatic N) is 2. The molecular weight excluding hydrogens is 238 g/mol. The second-order valence-electron chi connectivity index (χ2n) is 5.72. The number of ether oxygens (including phenoxy) is 1.